The van der Waals surface area contributed by atoms with Crippen LogP contribution in [0.2, 0.25) is 0 Å². The molecule has 0 aliphatic carbocycles. The quantitative estimate of drug-likeness (QED) is 0.735. The minimum Gasteiger partial charge on any atom is -0.298 e. The van der Waals surface area contributed by atoms with Crippen LogP contribution < -0.4 is 0 Å². The maximum absolute atomic E-state index is 4.15. The van der Waals surface area contributed by atoms with Gasteiger partial charge in [0.1, 0.15) is 0 Å². The van der Waals surface area contributed by atoms with Crippen LogP contribution in [0.15, 0.2) is 30.1 Å². The zero-order valence-corrected chi connectivity index (χ0v) is 11.1. The van der Waals surface area contributed by atoms with Gasteiger partial charge in [0, 0.05) is 31.0 Å². The van der Waals surface area contributed by atoms with E-state index in [1.165, 1.54) is 31.5 Å². The third kappa shape index (κ3) is 3.40. The molecule has 2 heterocycles. The second kappa shape index (κ2) is 5.01. The average Bonchev–Trinajstić information content (AvgIpc) is 2.30. The van der Waals surface area contributed by atoms with Gasteiger partial charge in [-0.1, -0.05) is 17.7 Å². The summed E-state index contributed by atoms with van der Waals surface area (Å²) in [6, 6.07) is 4.12. The van der Waals surface area contributed by atoms with Crippen molar-refractivity contribution in [1.82, 2.24) is 9.88 Å². The van der Waals surface area contributed by atoms with Gasteiger partial charge in [0.05, 0.1) is 0 Å². The zero-order valence-electron chi connectivity index (χ0n) is 11.1. The van der Waals surface area contributed by atoms with Gasteiger partial charge >= 0.3 is 0 Å². The van der Waals surface area contributed by atoms with Crippen molar-refractivity contribution in [2.45, 2.75) is 39.2 Å². The smallest absolute Gasteiger partial charge is 0.0340 e. The molecule has 1 aliphatic rings. The number of rotatable bonds is 1. The Balaban J connectivity index is 1.98. The first-order chi connectivity index (χ1) is 8.05. The highest BCUT2D eigenvalue weighted by Gasteiger charge is 2.24. The Morgan fingerprint density at radius 3 is 2.47 bits per heavy atom. The van der Waals surface area contributed by atoms with Gasteiger partial charge in [-0.15, -0.1) is 0 Å². The molecule has 0 unspecified atom stereocenters. The first-order valence-corrected chi connectivity index (χ1v) is 6.40. The zero-order chi connectivity index (χ0) is 12.3. The van der Waals surface area contributed by atoms with Crippen molar-refractivity contribution in [2.24, 2.45) is 0 Å². The molecule has 1 saturated heterocycles. The van der Waals surface area contributed by atoms with E-state index in [9.17, 15) is 0 Å². The lowest BCUT2D eigenvalue weighted by Gasteiger charge is -2.39. The molecule has 0 bridgehead atoms. The van der Waals surface area contributed by atoms with Gasteiger partial charge in [-0.05, 0) is 45.2 Å². The Morgan fingerprint density at radius 2 is 1.94 bits per heavy atom. The molecular formula is C15H22N2. The van der Waals surface area contributed by atoms with Gasteiger partial charge in [0.2, 0.25) is 0 Å². The van der Waals surface area contributed by atoms with Gasteiger partial charge in [-0.2, -0.15) is 0 Å². The molecule has 1 aromatic heterocycles. The molecule has 0 spiro atoms. The fourth-order valence-corrected chi connectivity index (χ4v) is 2.31. The maximum Gasteiger partial charge on any atom is 0.0340 e. The summed E-state index contributed by atoms with van der Waals surface area (Å²) < 4.78 is 0. The van der Waals surface area contributed by atoms with Crippen LogP contribution >= 0.6 is 0 Å². The molecular weight excluding hydrogens is 208 g/mol. The van der Waals surface area contributed by atoms with E-state index >= 15 is 0 Å². The molecule has 0 amide bonds. The Bertz CT molecular complexity index is 377. The molecule has 0 radical (unpaired) electrons. The van der Waals surface area contributed by atoms with E-state index in [1.807, 2.05) is 18.5 Å². The van der Waals surface area contributed by atoms with Crippen LogP contribution in [0.5, 0.6) is 0 Å². The van der Waals surface area contributed by atoms with E-state index in [0.717, 1.165) is 0 Å². The SMILES string of the molecule is CC(C)(C)N1CCC(=Cc2cccnc2)CC1. The van der Waals surface area contributed by atoms with Crippen LogP contribution in [-0.4, -0.2) is 28.5 Å². The van der Waals surface area contributed by atoms with Crippen molar-refractivity contribution in [3.63, 3.8) is 0 Å². The van der Waals surface area contributed by atoms with Crippen molar-refractivity contribution >= 4 is 6.08 Å². The highest BCUT2D eigenvalue weighted by atomic mass is 15.2. The van der Waals surface area contributed by atoms with Gasteiger partial charge in [-0.3, -0.25) is 9.88 Å². The highest BCUT2D eigenvalue weighted by molar-refractivity contribution is 5.51. The van der Waals surface area contributed by atoms with E-state index in [0.29, 0.717) is 5.54 Å². The molecule has 2 heteroatoms. The summed E-state index contributed by atoms with van der Waals surface area (Å²) >= 11 is 0. The van der Waals surface area contributed by atoms with Crippen molar-refractivity contribution < 1.29 is 0 Å². The Hall–Kier alpha value is -1.15. The fourth-order valence-electron chi connectivity index (χ4n) is 2.31. The third-order valence-corrected chi connectivity index (χ3v) is 3.41. The number of nitrogens with zero attached hydrogens (tertiary/aromatic N) is 2. The van der Waals surface area contributed by atoms with Gasteiger partial charge in [-0.25, -0.2) is 0 Å². The Morgan fingerprint density at radius 1 is 1.24 bits per heavy atom. The van der Waals surface area contributed by atoms with E-state index in [1.54, 1.807) is 5.57 Å². The normalized spacial score (nSPS) is 18.2. The highest BCUT2D eigenvalue weighted by Crippen LogP contribution is 2.24. The summed E-state index contributed by atoms with van der Waals surface area (Å²) in [4.78, 5) is 6.71. The fraction of sp³-hybridized carbons (Fsp3) is 0.533. The topological polar surface area (TPSA) is 16.1 Å². The number of hydrogen-bond acceptors (Lipinski definition) is 2. The third-order valence-electron chi connectivity index (χ3n) is 3.41. The molecule has 2 rings (SSSR count). The molecule has 0 aromatic carbocycles. The van der Waals surface area contributed by atoms with Crippen molar-refractivity contribution in [2.75, 3.05) is 13.1 Å². The summed E-state index contributed by atoms with van der Waals surface area (Å²) in [5, 5.41) is 0. The number of hydrogen-bond donors (Lipinski definition) is 0. The lowest BCUT2D eigenvalue weighted by atomic mass is 9.96. The number of piperidine rings is 1. The lowest BCUT2D eigenvalue weighted by Crippen LogP contribution is -2.44. The molecule has 2 nitrogen and oxygen atoms in total. The van der Waals surface area contributed by atoms with Crippen LogP contribution in [0.3, 0.4) is 0 Å². The molecule has 1 fully saturated rings. The number of aromatic nitrogens is 1. The molecule has 92 valence electrons. The maximum atomic E-state index is 4.15. The average molecular weight is 230 g/mol. The summed E-state index contributed by atoms with van der Waals surface area (Å²) in [5.41, 5.74) is 3.09. The molecule has 0 saturated carbocycles. The van der Waals surface area contributed by atoms with Crippen LogP contribution in [0, 0.1) is 0 Å². The molecule has 0 atom stereocenters. The number of pyridine rings is 1. The summed E-state index contributed by atoms with van der Waals surface area (Å²) in [7, 11) is 0. The van der Waals surface area contributed by atoms with Crippen molar-refractivity contribution in [3.05, 3.63) is 35.7 Å². The minimum absolute atomic E-state index is 0.305. The van der Waals surface area contributed by atoms with Crippen LogP contribution in [-0.2, 0) is 0 Å². The molecule has 1 aliphatic heterocycles. The van der Waals surface area contributed by atoms with Gasteiger partial charge in [0.25, 0.3) is 0 Å². The van der Waals surface area contributed by atoms with Gasteiger partial charge < -0.3 is 0 Å². The molecule has 1 aromatic rings. The Kier molecular flexibility index (Phi) is 3.63. The van der Waals surface area contributed by atoms with E-state index in [4.69, 9.17) is 0 Å². The second-order valence-electron chi connectivity index (χ2n) is 5.75. The standard InChI is InChI=1S/C15H22N2/c1-15(2,3)17-9-6-13(7-10-17)11-14-5-4-8-16-12-14/h4-5,8,11-12H,6-7,9-10H2,1-3H3. The van der Waals surface area contributed by atoms with Crippen LogP contribution in [0.4, 0.5) is 0 Å². The first-order valence-electron chi connectivity index (χ1n) is 6.40. The monoisotopic (exact) mass is 230 g/mol. The van der Waals surface area contributed by atoms with Crippen molar-refractivity contribution in [3.8, 4) is 0 Å². The van der Waals surface area contributed by atoms with Crippen molar-refractivity contribution in [1.29, 1.82) is 0 Å². The van der Waals surface area contributed by atoms with Crippen LogP contribution in [0.25, 0.3) is 6.08 Å². The molecule has 0 N–H and O–H groups in total. The van der Waals surface area contributed by atoms with Crippen LogP contribution in [0.1, 0.15) is 39.2 Å². The van der Waals surface area contributed by atoms with E-state index in [-0.39, 0.29) is 0 Å². The summed E-state index contributed by atoms with van der Waals surface area (Å²) in [5.74, 6) is 0. The summed E-state index contributed by atoms with van der Waals surface area (Å²) in [6.45, 7) is 9.24. The predicted octanol–water partition coefficient (Wildman–Crippen LogP) is 3.36. The Labute approximate surface area is 104 Å². The lowest BCUT2D eigenvalue weighted by molar-refractivity contribution is 0.126. The first kappa shape index (κ1) is 12.3. The number of likely N-dealkylation sites (tertiary alicyclic amines) is 1. The second-order valence-corrected chi connectivity index (χ2v) is 5.75. The largest absolute Gasteiger partial charge is 0.298 e. The minimum atomic E-state index is 0.305. The molecule has 17 heavy (non-hydrogen) atoms. The van der Waals surface area contributed by atoms with Gasteiger partial charge in [0.15, 0.2) is 0 Å². The van der Waals surface area contributed by atoms with E-state index in [2.05, 4.69) is 42.8 Å². The summed E-state index contributed by atoms with van der Waals surface area (Å²) in [6.07, 6.45) is 8.43. The predicted molar refractivity (Wildman–Crippen MR) is 72.8 cm³/mol. The van der Waals surface area contributed by atoms with E-state index < -0.39 is 0 Å².